The summed E-state index contributed by atoms with van der Waals surface area (Å²) in [6.45, 7) is 0.609. The smallest absolute Gasteiger partial charge is 0.272 e. The van der Waals surface area contributed by atoms with Crippen molar-refractivity contribution in [2.24, 2.45) is 10.2 Å². The lowest BCUT2D eigenvalue weighted by Gasteiger charge is -2.41. The van der Waals surface area contributed by atoms with Crippen molar-refractivity contribution in [1.82, 2.24) is 10.3 Å². The highest BCUT2D eigenvalue weighted by atomic mass is 16.2. The molecule has 114 valence electrons. The maximum absolute atomic E-state index is 12.5. The third-order valence-electron chi connectivity index (χ3n) is 5.32. The zero-order valence-electron chi connectivity index (χ0n) is 12.7. The molecular weight excluding hydrogens is 288 g/mol. The molecule has 1 aromatic heterocycles. The number of hydrogen-bond acceptors (Lipinski definition) is 4. The minimum atomic E-state index is -0.125. The molecule has 1 aromatic rings. The molecule has 4 aliphatic rings. The predicted octanol–water partition coefficient (Wildman–Crippen LogP) is 2.94. The fourth-order valence-corrected chi connectivity index (χ4v) is 3.68. The van der Waals surface area contributed by atoms with Crippen LogP contribution in [0.2, 0.25) is 0 Å². The Morgan fingerprint density at radius 3 is 2.91 bits per heavy atom. The van der Waals surface area contributed by atoms with Crippen LogP contribution in [0.15, 0.2) is 68.8 Å². The molecule has 1 amide bonds. The summed E-state index contributed by atoms with van der Waals surface area (Å²) in [6.07, 6.45) is 8.20. The van der Waals surface area contributed by atoms with Gasteiger partial charge in [-0.25, -0.2) is 0 Å². The highest BCUT2D eigenvalue weighted by Gasteiger charge is 2.41. The number of aromatic nitrogens is 1. The van der Waals surface area contributed by atoms with Crippen LogP contribution in [-0.4, -0.2) is 17.4 Å². The molecule has 23 heavy (non-hydrogen) atoms. The summed E-state index contributed by atoms with van der Waals surface area (Å²) < 4.78 is 0. The van der Waals surface area contributed by atoms with Gasteiger partial charge in [0.1, 0.15) is 0 Å². The number of pyridine rings is 1. The number of carbonyl (C=O) groups is 1. The van der Waals surface area contributed by atoms with Crippen molar-refractivity contribution in [2.45, 2.75) is 31.1 Å². The number of hydrogen-bond donors (Lipinski definition) is 1. The van der Waals surface area contributed by atoms with E-state index in [2.05, 4.69) is 32.7 Å². The molecule has 3 aliphatic carbocycles. The summed E-state index contributed by atoms with van der Waals surface area (Å²) in [6, 6.07) is 5.99. The third kappa shape index (κ3) is 1.86. The molecule has 0 bridgehead atoms. The minimum Gasteiger partial charge on any atom is -0.350 e. The number of nitrogens with one attached hydrogen (secondary N) is 1. The highest BCUT2D eigenvalue weighted by Crippen LogP contribution is 2.51. The fraction of sp³-hybridized carbons (Fsp3) is 0.333. The van der Waals surface area contributed by atoms with E-state index in [4.69, 9.17) is 0 Å². The first-order valence-electron chi connectivity index (χ1n) is 8.07. The van der Waals surface area contributed by atoms with Crippen molar-refractivity contribution < 1.29 is 4.79 Å². The lowest BCUT2D eigenvalue weighted by Crippen LogP contribution is -2.46. The van der Waals surface area contributed by atoms with Crippen LogP contribution in [0.1, 0.15) is 31.4 Å². The Kier molecular flexibility index (Phi) is 2.52. The number of carbonyl (C=O) groups excluding carboxylic acids is 1. The zero-order valence-corrected chi connectivity index (χ0v) is 12.7. The van der Waals surface area contributed by atoms with E-state index in [0.29, 0.717) is 12.2 Å². The number of fused-ring (bicyclic) bond motifs is 2. The summed E-state index contributed by atoms with van der Waals surface area (Å²) in [5.41, 5.74) is 5.90. The van der Waals surface area contributed by atoms with Gasteiger partial charge in [0, 0.05) is 35.8 Å². The molecule has 1 N–H and O–H groups in total. The molecule has 0 aromatic carbocycles. The Bertz CT molecular complexity index is 841. The molecule has 2 fully saturated rings. The lowest BCUT2D eigenvalue weighted by molar-refractivity contribution is -0.118. The molecule has 0 atom stereocenters. The van der Waals surface area contributed by atoms with E-state index >= 15 is 0 Å². The minimum absolute atomic E-state index is 0.0184. The molecule has 0 unspecified atom stereocenters. The topological polar surface area (TPSA) is 66.7 Å². The number of azo groups is 1. The van der Waals surface area contributed by atoms with Crippen LogP contribution in [0.3, 0.4) is 0 Å². The van der Waals surface area contributed by atoms with Crippen LogP contribution in [0.25, 0.3) is 0 Å². The van der Waals surface area contributed by atoms with Crippen LogP contribution in [0.5, 0.6) is 0 Å². The molecule has 0 saturated heterocycles. The molecule has 5 nitrogen and oxygen atoms in total. The molecule has 2 heterocycles. The Balaban J connectivity index is 1.34. The first-order valence-corrected chi connectivity index (χ1v) is 8.07. The number of allylic oxidation sites excluding steroid dienone is 3. The van der Waals surface area contributed by atoms with E-state index < -0.39 is 0 Å². The third-order valence-corrected chi connectivity index (χ3v) is 5.32. The molecule has 2 saturated carbocycles. The fourth-order valence-electron chi connectivity index (χ4n) is 3.68. The van der Waals surface area contributed by atoms with Gasteiger partial charge in [-0.15, -0.1) is 10.2 Å². The van der Waals surface area contributed by atoms with Gasteiger partial charge in [-0.3, -0.25) is 9.78 Å². The predicted molar refractivity (Wildman–Crippen MR) is 84.4 cm³/mol. The van der Waals surface area contributed by atoms with E-state index in [1.54, 1.807) is 0 Å². The largest absolute Gasteiger partial charge is 0.350 e. The Morgan fingerprint density at radius 2 is 2.17 bits per heavy atom. The van der Waals surface area contributed by atoms with Crippen molar-refractivity contribution in [2.75, 3.05) is 6.54 Å². The Labute approximate surface area is 133 Å². The van der Waals surface area contributed by atoms with E-state index in [1.165, 1.54) is 17.6 Å². The Hall–Kier alpha value is -2.56. The average Bonchev–Trinajstić information content (AvgIpc) is 3.02. The standard InChI is InChI=1S/C18H16N4O/c23-17(16-13-9-11-8-12(11)15(13)21-22-16)20-10-18(5-3-6-18)14-4-1-2-7-19-14/h1-2,4,7,9H,3,5-6,8,10H2,(H,20,23). The summed E-state index contributed by atoms with van der Waals surface area (Å²) in [5, 5.41) is 11.3. The van der Waals surface area contributed by atoms with Crippen LogP contribution >= 0.6 is 0 Å². The molecule has 5 heteroatoms. The lowest BCUT2D eigenvalue weighted by atomic mass is 9.66. The Morgan fingerprint density at radius 1 is 1.26 bits per heavy atom. The quantitative estimate of drug-likeness (QED) is 0.929. The second kappa shape index (κ2) is 4.47. The monoisotopic (exact) mass is 304 g/mol. The van der Waals surface area contributed by atoms with Gasteiger partial charge in [-0.05, 0) is 42.2 Å². The molecule has 0 radical (unpaired) electrons. The number of nitrogens with zero attached hydrogens (tertiary/aromatic N) is 3. The van der Waals surface area contributed by atoms with E-state index in [1.807, 2.05) is 18.3 Å². The molecule has 0 spiro atoms. The zero-order chi connectivity index (χ0) is 15.4. The van der Waals surface area contributed by atoms with Gasteiger partial charge in [0.25, 0.3) is 5.91 Å². The second-order valence-electron chi connectivity index (χ2n) is 6.67. The van der Waals surface area contributed by atoms with Gasteiger partial charge >= 0.3 is 0 Å². The van der Waals surface area contributed by atoms with Gasteiger partial charge in [-0.2, -0.15) is 0 Å². The second-order valence-corrected chi connectivity index (χ2v) is 6.67. The van der Waals surface area contributed by atoms with Crippen LogP contribution in [-0.2, 0) is 10.2 Å². The van der Waals surface area contributed by atoms with Gasteiger partial charge in [-0.1, -0.05) is 12.5 Å². The van der Waals surface area contributed by atoms with E-state index in [9.17, 15) is 4.79 Å². The first kappa shape index (κ1) is 12.9. The van der Waals surface area contributed by atoms with Crippen molar-refractivity contribution in [3.05, 3.63) is 64.3 Å². The summed E-state index contributed by atoms with van der Waals surface area (Å²) in [4.78, 5) is 17.0. The van der Waals surface area contributed by atoms with Crippen LogP contribution in [0, 0.1) is 0 Å². The maximum atomic E-state index is 12.5. The van der Waals surface area contributed by atoms with Crippen molar-refractivity contribution in [1.29, 1.82) is 0 Å². The summed E-state index contributed by atoms with van der Waals surface area (Å²) in [5.74, 6) is -0.125. The summed E-state index contributed by atoms with van der Waals surface area (Å²) in [7, 11) is 0. The number of amides is 1. The van der Waals surface area contributed by atoms with E-state index in [0.717, 1.165) is 36.2 Å². The van der Waals surface area contributed by atoms with Gasteiger partial charge in [0.15, 0.2) is 5.70 Å². The van der Waals surface area contributed by atoms with Crippen LogP contribution in [0.4, 0.5) is 0 Å². The van der Waals surface area contributed by atoms with Gasteiger partial charge in [0.2, 0.25) is 0 Å². The molecule has 5 rings (SSSR count). The van der Waals surface area contributed by atoms with Crippen LogP contribution < -0.4 is 5.32 Å². The van der Waals surface area contributed by atoms with Crippen molar-refractivity contribution in [3.63, 3.8) is 0 Å². The normalized spacial score (nSPS) is 22.5. The first-order chi connectivity index (χ1) is 11.3. The SMILES string of the molecule is O=C(NCC1(c2ccccn2)CCC1)C1=C2C=C3CC3=C2N=N1. The highest BCUT2D eigenvalue weighted by molar-refractivity contribution is 5.97. The van der Waals surface area contributed by atoms with Gasteiger partial charge < -0.3 is 5.32 Å². The van der Waals surface area contributed by atoms with E-state index in [-0.39, 0.29) is 11.3 Å². The van der Waals surface area contributed by atoms with Crippen molar-refractivity contribution >= 4 is 5.91 Å². The summed E-state index contributed by atoms with van der Waals surface area (Å²) >= 11 is 0. The maximum Gasteiger partial charge on any atom is 0.272 e. The van der Waals surface area contributed by atoms with Gasteiger partial charge in [0.05, 0.1) is 5.70 Å². The molecular formula is C18H16N4O. The number of rotatable bonds is 4. The molecule has 1 aliphatic heterocycles. The average molecular weight is 304 g/mol. The van der Waals surface area contributed by atoms with Crippen molar-refractivity contribution in [3.8, 4) is 0 Å².